The third-order valence-electron chi connectivity index (χ3n) is 4.49. The smallest absolute Gasteiger partial charge is 0.257 e. The second-order valence-corrected chi connectivity index (χ2v) is 5.90. The summed E-state index contributed by atoms with van der Waals surface area (Å²) < 4.78 is 5.72. The lowest BCUT2D eigenvalue weighted by atomic mass is 9.89. The van der Waals surface area contributed by atoms with Crippen LogP contribution in [-0.4, -0.2) is 43.6 Å². The largest absolute Gasteiger partial charge is 0.425 e. The molecule has 2 aromatic heterocycles. The Hall–Kier alpha value is -2.31. The molecule has 0 aromatic carbocycles. The molecule has 0 saturated carbocycles. The minimum absolute atomic E-state index is 0.000937. The number of hydrogen-bond acceptors (Lipinski definition) is 6. The molecular formula is C16H21N5O2. The van der Waals surface area contributed by atoms with Crippen molar-refractivity contribution < 1.29 is 9.21 Å². The normalized spacial score (nSPS) is 21.4. The van der Waals surface area contributed by atoms with Crippen molar-refractivity contribution in [1.82, 2.24) is 25.1 Å². The average molecular weight is 315 g/mol. The first-order valence-electron chi connectivity index (χ1n) is 8.01. The highest BCUT2D eigenvalue weighted by molar-refractivity contribution is 5.95. The van der Waals surface area contributed by atoms with Crippen molar-refractivity contribution in [2.24, 2.45) is 0 Å². The molecule has 2 aromatic rings. The van der Waals surface area contributed by atoms with E-state index in [0.29, 0.717) is 23.0 Å². The summed E-state index contributed by atoms with van der Waals surface area (Å²) in [6.45, 7) is 6.57. The van der Waals surface area contributed by atoms with Crippen LogP contribution in [-0.2, 0) is 6.42 Å². The van der Waals surface area contributed by atoms with Gasteiger partial charge in [-0.15, -0.1) is 10.2 Å². The van der Waals surface area contributed by atoms with Gasteiger partial charge in [0.05, 0.1) is 17.2 Å². The fourth-order valence-electron chi connectivity index (χ4n) is 3.07. The molecule has 0 spiro atoms. The van der Waals surface area contributed by atoms with E-state index in [9.17, 15) is 4.79 Å². The Bertz CT molecular complexity index is 699. The van der Waals surface area contributed by atoms with Crippen molar-refractivity contribution >= 4 is 5.91 Å². The molecule has 0 unspecified atom stereocenters. The van der Waals surface area contributed by atoms with Gasteiger partial charge in [0, 0.05) is 25.2 Å². The van der Waals surface area contributed by atoms with Crippen molar-refractivity contribution in [1.29, 1.82) is 0 Å². The maximum absolute atomic E-state index is 12.8. The fourth-order valence-corrected chi connectivity index (χ4v) is 3.07. The number of carbonyl (C=O) groups excluding carboxylic acids is 1. The highest BCUT2D eigenvalue weighted by atomic mass is 16.4. The Morgan fingerprint density at radius 2 is 2.26 bits per heavy atom. The maximum Gasteiger partial charge on any atom is 0.257 e. The number of likely N-dealkylation sites (tertiary alicyclic amines) is 1. The van der Waals surface area contributed by atoms with Crippen molar-refractivity contribution in [3.05, 3.63) is 35.6 Å². The SMILES string of the molecule is CCc1nnc([C@H]2CCCN(C(=O)c3cncnc3C)[C@H]2C)o1. The van der Waals surface area contributed by atoms with Crippen LogP contribution in [0.1, 0.15) is 60.4 Å². The van der Waals surface area contributed by atoms with Gasteiger partial charge in [0.1, 0.15) is 6.33 Å². The molecule has 0 aliphatic carbocycles. The predicted octanol–water partition coefficient (Wildman–Crippen LogP) is 2.14. The van der Waals surface area contributed by atoms with Crippen LogP contribution >= 0.6 is 0 Å². The van der Waals surface area contributed by atoms with Gasteiger partial charge in [0.15, 0.2) is 0 Å². The standard InChI is InChI=1S/C16H21N5O2/c1-4-14-19-20-15(23-14)12-6-5-7-21(11(12)3)16(22)13-8-17-9-18-10(13)2/h8-9,11-12H,4-7H2,1-3H3/t11-,12-/m0/s1. The molecule has 1 fully saturated rings. The minimum atomic E-state index is -0.0319. The van der Waals surface area contributed by atoms with Crippen LogP contribution in [0.2, 0.25) is 0 Å². The van der Waals surface area contributed by atoms with E-state index in [2.05, 4.69) is 20.2 Å². The van der Waals surface area contributed by atoms with Gasteiger partial charge in [-0.3, -0.25) is 4.79 Å². The zero-order valence-corrected chi connectivity index (χ0v) is 13.7. The first kappa shape index (κ1) is 15.6. The lowest BCUT2D eigenvalue weighted by Gasteiger charge is -2.38. The molecule has 2 atom stereocenters. The molecule has 7 heteroatoms. The Balaban J connectivity index is 1.83. The highest BCUT2D eigenvalue weighted by Gasteiger charge is 2.36. The number of amides is 1. The third-order valence-corrected chi connectivity index (χ3v) is 4.49. The van der Waals surface area contributed by atoms with Gasteiger partial charge in [-0.05, 0) is 26.7 Å². The van der Waals surface area contributed by atoms with Crippen molar-refractivity contribution in [2.75, 3.05) is 6.54 Å². The number of piperidine rings is 1. The molecule has 1 aliphatic heterocycles. The van der Waals surface area contributed by atoms with Crippen LogP contribution in [0.15, 0.2) is 16.9 Å². The number of nitrogens with zero attached hydrogens (tertiary/aromatic N) is 5. The quantitative estimate of drug-likeness (QED) is 0.862. The van der Waals surface area contributed by atoms with Crippen LogP contribution < -0.4 is 0 Å². The van der Waals surface area contributed by atoms with Gasteiger partial charge in [-0.25, -0.2) is 9.97 Å². The van der Waals surface area contributed by atoms with Gasteiger partial charge in [-0.2, -0.15) is 0 Å². The van der Waals surface area contributed by atoms with Gasteiger partial charge >= 0.3 is 0 Å². The summed E-state index contributed by atoms with van der Waals surface area (Å²) in [5, 5.41) is 8.21. The van der Waals surface area contributed by atoms with E-state index < -0.39 is 0 Å². The van der Waals surface area contributed by atoms with E-state index in [-0.39, 0.29) is 17.9 Å². The summed E-state index contributed by atoms with van der Waals surface area (Å²) in [6.07, 6.45) is 5.62. The second-order valence-electron chi connectivity index (χ2n) is 5.90. The summed E-state index contributed by atoms with van der Waals surface area (Å²) >= 11 is 0. The lowest BCUT2D eigenvalue weighted by molar-refractivity contribution is 0.0580. The van der Waals surface area contributed by atoms with Gasteiger partial charge in [0.2, 0.25) is 11.8 Å². The summed E-state index contributed by atoms with van der Waals surface area (Å²) in [5.74, 6) is 1.32. The summed E-state index contributed by atoms with van der Waals surface area (Å²) in [4.78, 5) is 22.8. The molecule has 0 radical (unpaired) electrons. The predicted molar refractivity (Wildman–Crippen MR) is 82.9 cm³/mol. The molecule has 122 valence electrons. The zero-order valence-electron chi connectivity index (χ0n) is 13.7. The average Bonchev–Trinajstić information content (AvgIpc) is 3.04. The summed E-state index contributed by atoms with van der Waals surface area (Å²) in [7, 11) is 0. The molecule has 1 amide bonds. The molecule has 0 N–H and O–H groups in total. The molecule has 1 saturated heterocycles. The van der Waals surface area contributed by atoms with Crippen LogP contribution in [0.25, 0.3) is 0 Å². The van der Waals surface area contributed by atoms with E-state index >= 15 is 0 Å². The Morgan fingerprint density at radius 1 is 1.43 bits per heavy atom. The number of carbonyl (C=O) groups is 1. The van der Waals surface area contributed by atoms with E-state index in [1.165, 1.54) is 6.33 Å². The van der Waals surface area contributed by atoms with Crippen molar-refractivity contribution in [3.63, 3.8) is 0 Å². The van der Waals surface area contributed by atoms with E-state index in [1.807, 2.05) is 25.7 Å². The van der Waals surface area contributed by atoms with Crippen molar-refractivity contribution in [3.8, 4) is 0 Å². The third kappa shape index (κ3) is 2.95. The van der Waals surface area contributed by atoms with Gasteiger partial charge in [-0.1, -0.05) is 6.92 Å². The van der Waals surface area contributed by atoms with E-state index in [0.717, 1.165) is 25.8 Å². The first-order chi connectivity index (χ1) is 11.1. The highest BCUT2D eigenvalue weighted by Crippen LogP contribution is 2.32. The van der Waals surface area contributed by atoms with Gasteiger partial charge < -0.3 is 9.32 Å². The zero-order chi connectivity index (χ0) is 16.4. The fraction of sp³-hybridized carbons (Fsp3) is 0.562. The maximum atomic E-state index is 12.8. The Labute approximate surface area is 135 Å². The molecule has 3 rings (SSSR count). The van der Waals surface area contributed by atoms with Crippen LogP contribution in [0, 0.1) is 6.92 Å². The topological polar surface area (TPSA) is 85.0 Å². The minimum Gasteiger partial charge on any atom is -0.425 e. The second kappa shape index (κ2) is 6.44. The van der Waals surface area contributed by atoms with Crippen LogP contribution in [0.3, 0.4) is 0 Å². The number of rotatable bonds is 3. The van der Waals surface area contributed by atoms with Crippen LogP contribution in [0.5, 0.6) is 0 Å². The number of hydrogen-bond donors (Lipinski definition) is 0. The first-order valence-corrected chi connectivity index (χ1v) is 8.01. The summed E-state index contributed by atoms with van der Waals surface area (Å²) in [5.41, 5.74) is 1.25. The number of aromatic nitrogens is 4. The molecule has 0 bridgehead atoms. The monoisotopic (exact) mass is 315 g/mol. The van der Waals surface area contributed by atoms with E-state index in [1.54, 1.807) is 6.20 Å². The number of aryl methyl sites for hydroxylation is 2. The molecule has 3 heterocycles. The molecule has 7 nitrogen and oxygen atoms in total. The molecular weight excluding hydrogens is 294 g/mol. The lowest BCUT2D eigenvalue weighted by Crippen LogP contribution is -2.46. The summed E-state index contributed by atoms with van der Waals surface area (Å²) in [6, 6.07) is 0.000937. The molecule has 1 aliphatic rings. The van der Waals surface area contributed by atoms with Crippen LogP contribution in [0.4, 0.5) is 0 Å². The Kier molecular flexibility index (Phi) is 4.36. The van der Waals surface area contributed by atoms with Crippen molar-refractivity contribution in [2.45, 2.75) is 52.0 Å². The molecule has 23 heavy (non-hydrogen) atoms. The van der Waals surface area contributed by atoms with E-state index in [4.69, 9.17) is 4.42 Å². The Morgan fingerprint density at radius 3 is 2.96 bits per heavy atom. The van der Waals surface area contributed by atoms with Gasteiger partial charge in [0.25, 0.3) is 5.91 Å².